The molecule has 1 heterocycles. The van der Waals surface area contributed by atoms with E-state index in [4.69, 9.17) is 4.74 Å². The average molecular weight is 469 g/mol. The van der Waals surface area contributed by atoms with E-state index in [0.717, 1.165) is 22.4 Å². The Bertz CT molecular complexity index is 1280. The number of rotatable bonds is 6. The molecule has 3 aromatic rings. The summed E-state index contributed by atoms with van der Waals surface area (Å²) >= 11 is 0. The van der Waals surface area contributed by atoms with Crippen LogP contribution in [0.5, 0.6) is 0 Å². The standard InChI is InChI=1S/C29H28N2O4/c1-3-35-27(32)19-22-10-8-18-31(26-13-7-6-12-25(22)26)29(34)21-14-16-23(17-15-21)30-28(33)24-11-5-4-9-20(24)2/h4-7,9-17H,3,8,18-19H2,1-2H3,(H,30,33). The van der Waals surface area contributed by atoms with Crippen LogP contribution in [0.25, 0.3) is 5.57 Å². The Morgan fingerprint density at radius 3 is 2.40 bits per heavy atom. The maximum atomic E-state index is 13.5. The topological polar surface area (TPSA) is 75.7 Å². The summed E-state index contributed by atoms with van der Waals surface area (Å²) in [7, 11) is 0. The summed E-state index contributed by atoms with van der Waals surface area (Å²) in [6.45, 7) is 4.50. The van der Waals surface area contributed by atoms with Crippen LogP contribution >= 0.6 is 0 Å². The molecule has 0 atom stereocenters. The highest BCUT2D eigenvalue weighted by molar-refractivity contribution is 6.09. The zero-order chi connectivity index (χ0) is 24.8. The van der Waals surface area contributed by atoms with Gasteiger partial charge in [-0.3, -0.25) is 14.4 Å². The molecule has 0 radical (unpaired) electrons. The van der Waals surface area contributed by atoms with Crippen molar-refractivity contribution in [3.05, 3.63) is 101 Å². The lowest BCUT2D eigenvalue weighted by Crippen LogP contribution is -2.31. The summed E-state index contributed by atoms with van der Waals surface area (Å²) in [5.41, 5.74) is 5.12. The smallest absolute Gasteiger partial charge is 0.310 e. The number of amides is 2. The van der Waals surface area contributed by atoms with Crippen LogP contribution in [0, 0.1) is 6.92 Å². The first-order valence-corrected chi connectivity index (χ1v) is 11.7. The minimum atomic E-state index is -0.281. The van der Waals surface area contributed by atoms with Gasteiger partial charge in [0.05, 0.1) is 18.7 Å². The van der Waals surface area contributed by atoms with Gasteiger partial charge in [0.25, 0.3) is 11.8 Å². The average Bonchev–Trinajstić information content (AvgIpc) is 3.04. The second-order valence-electron chi connectivity index (χ2n) is 8.32. The highest BCUT2D eigenvalue weighted by atomic mass is 16.5. The number of fused-ring (bicyclic) bond motifs is 1. The van der Waals surface area contributed by atoms with E-state index in [0.29, 0.717) is 36.4 Å². The van der Waals surface area contributed by atoms with Gasteiger partial charge in [-0.1, -0.05) is 42.5 Å². The van der Waals surface area contributed by atoms with Crippen molar-refractivity contribution < 1.29 is 19.1 Å². The number of hydrogen-bond acceptors (Lipinski definition) is 4. The van der Waals surface area contributed by atoms with E-state index < -0.39 is 0 Å². The molecule has 0 bridgehead atoms. The number of anilines is 2. The zero-order valence-corrected chi connectivity index (χ0v) is 19.9. The molecule has 0 aliphatic carbocycles. The first kappa shape index (κ1) is 24.0. The number of ether oxygens (including phenoxy) is 1. The minimum Gasteiger partial charge on any atom is -0.466 e. The summed E-state index contributed by atoms with van der Waals surface area (Å²) in [5.74, 6) is -0.611. The van der Waals surface area contributed by atoms with E-state index in [2.05, 4.69) is 5.32 Å². The largest absolute Gasteiger partial charge is 0.466 e. The van der Waals surface area contributed by atoms with Gasteiger partial charge in [0.1, 0.15) is 0 Å². The summed E-state index contributed by atoms with van der Waals surface area (Å²) in [4.78, 5) is 39.9. The van der Waals surface area contributed by atoms with Crippen molar-refractivity contribution in [2.45, 2.75) is 26.7 Å². The van der Waals surface area contributed by atoms with Crippen molar-refractivity contribution >= 4 is 34.7 Å². The molecule has 3 aromatic carbocycles. The van der Waals surface area contributed by atoms with Gasteiger partial charge in [-0.05, 0) is 67.8 Å². The van der Waals surface area contributed by atoms with E-state index in [9.17, 15) is 14.4 Å². The van der Waals surface area contributed by atoms with Gasteiger partial charge in [0, 0.05) is 28.9 Å². The van der Waals surface area contributed by atoms with Crippen LogP contribution in [0.1, 0.15) is 51.6 Å². The van der Waals surface area contributed by atoms with E-state index >= 15 is 0 Å². The molecule has 178 valence electrons. The van der Waals surface area contributed by atoms with Crippen LogP contribution in [0.4, 0.5) is 11.4 Å². The fourth-order valence-corrected chi connectivity index (χ4v) is 4.20. The number of esters is 1. The molecule has 6 heteroatoms. The first-order valence-electron chi connectivity index (χ1n) is 11.7. The van der Waals surface area contributed by atoms with Crippen molar-refractivity contribution in [1.29, 1.82) is 0 Å². The first-order chi connectivity index (χ1) is 17.0. The van der Waals surface area contributed by atoms with Gasteiger partial charge in [-0.15, -0.1) is 0 Å². The molecule has 1 aliphatic rings. The Balaban J connectivity index is 1.52. The Morgan fingerprint density at radius 1 is 0.943 bits per heavy atom. The van der Waals surface area contributed by atoms with Crippen LogP contribution in [0.2, 0.25) is 0 Å². The summed E-state index contributed by atoms with van der Waals surface area (Å²) in [5, 5.41) is 2.89. The maximum absolute atomic E-state index is 13.5. The van der Waals surface area contributed by atoms with Gasteiger partial charge in [0.2, 0.25) is 0 Å². The summed E-state index contributed by atoms with van der Waals surface area (Å²) < 4.78 is 5.13. The van der Waals surface area contributed by atoms with Crippen LogP contribution in [0.3, 0.4) is 0 Å². The molecule has 2 amide bonds. The SMILES string of the molecule is CCOC(=O)CC1=CCCN(C(=O)c2ccc(NC(=O)c3ccccc3C)cc2)c2ccccc21. The van der Waals surface area contributed by atoms with E-state index in [-0.39, 0.29) is 24.2 Å². The lowest BCUT2D eigenvalue weighted by Gasteiger charge is -2.24. The molecule has 35 heavy (non-hydrogen) atoms. The molecular weight excluding hydrogens is 440 g/mol. The van der Waals surface area contributed by atoms with Gasteiger partial charge < -0.3 is 15.0 Å². The number of nitrogens with zero attached hydrogens (tertiary/aromatic N) is 1. The van der Waals surface area contributed by atoms with Crippen LogP contribution in [0.15, 0.2) is 78.9 Å². The lowest BCUT2D eigenvalue weighted by atomic mass is 10.0. The van der Waals surface area contributed by atoms with Gasteiger partial charge in [0.15, 0.2) is 0 Å². The van der Waals surface area contributed by atoms with Gasteiger partial charge in [-0.25, -0.2) is 0 Å². The third kappa shape index (κ3) is 5.49. The zero-order valence-electron chi connectivity index (χ0n) is 19.9. The molecule has 0 fully saturated rings. The van der Waals surface area contributed by atoms with Crippen molar-refractivity contribution in [2.24, 2.45) is 0 Å². The predicted octanol–water partition coefficient (Wildman–Crippen LogP) is 5.63. The minimum absolute atomic E-state index is 0.139. The number of aryl methyl sites for hydroxylation is 1. The number of carbonyl (C=O) groups excluding carboxylic acids is 3. The molecule has 0 saturated carbocycles. The molecular formula is C29H28N2O4. The normalized spacial score (nSPS) is 12.7. The van der Waals surface area contributed by atoms with Crippen molar-refractivity contribution in [3.63, 3.8) is 0 Å². The number of nitrogens with one attached hydrogen (secondary N) is 1. The monoisotopic (exact) mass is 468 g/mol. The molecule has 1 N–H and O–H groups in total. The molecule has 0 aromatic heterocycles. The predicted molar refractivity (Wildman–Crippen MR) is 138 cm³/mol. The van der Waals surface area contributed by atoms with E-state index in [1.807, 2.05) is 55.5 Å². The van der Waals surface area contributed by atoms with Crippen molar-refractivity contribution in [3.8, 4) is 0 Å². The molecule has 0 spiro atoms. The molecule has 0 unspecified atom stereocenters. The van der Waals surface area contributed by atoms with E-state index in [1.165, 1.54) is 0 Å². The van der Waals surface area contributed by atoms with Gasteiger partial charge in [-0.2, -0.15) is 0 Å². The number of hydrogen-bond donors (Lipinski definition) is 1. The van der Waals surface area contributed by atoms with Crippen LogP contribution < -0.4 is 10.2 Å². The number of benzene rings is 3. The summed E-state index contributed by atoms with van der Waals surface area (Å²) in [6.07, 6.45) is 2.80. The van der Waals surface area contributed by atoms with Crippen LogP contribution in [-0.2, 0) is 9.53 Å². The van der Waals surface area contributed by atoms with E-state index in [1.54, 1.807) is 42.2 Å². The fraction of sp³-hybridized carbons (Fsp3) is 0.207. The lowest BCUT2D eigenvalue weighted by molar-refractivity contribution is -0.141. The highest BCUT2D eigenvalue weighted by Gasteiger charge is 2.24. The number of para-hydroxylation sites is 1. The second kappa shape index (κ2) is 10.8. The Labute approximate surface area is 205 Å². The van der Waals surface area contributed by atoms with Crippen molar-refractivity contribution in [1.82, 2.24) is 0 Å². The molecule has 4 rings (SSSR count). The fourth-order valence-electron chi connectivity index (χ4n) is 4.20. The number of carbonyl (C=O) groups is 3. The Hall–Kier alpha value is -4.19. The molecule has 0 saturated heterocycles. The quantitative estimate of drug-likeness (QED) is 0.476. The second-order valence-corrected chi connectivity index (χ2v) is 8.32. The van der Waals surface area contributed by atoms with Crippen LogP contribution in [-0.4, -0.2) is 30.9 Å². The molecule has 6 nitrogen and oxygen atoms in total. The molecule has 1 aliphatic heterocycles. The van der Waals surface area contributed by atoms with Gasteiger partial charge >= 0.3 is 5.97 Å². The van der Waals surface area contributed by atoms with Crippen molar-refractivity contribution in [2.75, 3.05) is 23.4 Å². The maximum Gasteiger partial charge on any atom is 0.310 e. The third-order valence-corrected chi connectivity index (χ3v) is 5.95. The summed E-state index contributed by atoms with van der Waals surface area (Å²) in [6, 6.07) is 21.9. The highest BCUT2D eigenvalue weighted by Crippen LogP contribution is 2.33. The Morgan fingerprint density at radius 2 is 1.66 bits per heavy atom. The Kier molecular flexibility index (Phi) is 7.41. The third-order valence-electron chi connectivity index (χ3n) is 5.95.